The first-order valence-corrected chi connectivity index (χ1v) is 8.73. The predicted molar refractivity (Wildman–Crippen MR) is 94.5 cm³/mol. The van der Waals surface area contributed by atoms with E-state index in [0.29, 0.717) is 23.6 Å². The number of hydrogen-bond acceptors (Lipinski definition) is 4. The highest BCUT2D eigenvalue weighted by Crippen LogP contribution is 2.40. The zero-order chi connectivity index (χ0) is 17.4. The Bertz CT molecular complexity index is 799. The Morgan fingerprint density at radius 1 is 1.16 bits per heavy atom. The second-order valence-corrected chi connectivity index (χ2v) is 7.03. The van der Waals surface area contributed by atoms with Crippen LogP contribution in [0.4, 0.5) is 0 Å². The third-order valence-electron chi connectivity index (χ3n) is 5.60. The predicted octanol–water partition coefficient (Wildman–Crippen LogP) is 1.33. The van der Waals surface area contributed by atoms with Gasteiger partial charge in [0.2, 0.25) is 0 Å². The topological polar surface area (TPSA) is 69.3 Å². The number of nitrogens with one attached hydrogen (secondary N) is 1. The van der Waals surface area contributed by atoms with Crippen LogP contribution in [0.15, 0.2) is 47.3 Å². The largest absolute Gasteiger partial charge is 0.337 e. The molecule has 0 radical (unpaired) electrons. The van der Waals surface area contributed by atoms with Gasteiger partial charge >= 0.3 is 0 Å². The van der Waals surface area contributed by atoms with Crippen LogP contribution in [0.25, 0.3) is 0 Å². The monoisotopic (exact) mass is 338 g/mol. The van der Waals surface area contributed by atoms with Gasteiger partial charge in [0.15, 0.2) is 0 Å². The number of hydrogen-bond donors (Lipinski definition) is 1. The number of aromatic amines is 1. The number of nitrogens with zero attached hydrogens (tertiary/aromatic N) is 3. The molecule has 1 amide bonds. The zero-order valence-corrected chi connectivity index (χ0v) is 14.3. The fourth-order valence-electron chi connectivity index (χ4n) is 4.36. The molecule has 2 saturated heterocycles. The van der Waals surface area contributed by atoms with Gasteiger partial charge < -0.3 is 9.80 Å². The number of H-pyrrole nitrogens is 1. The summed E-state index contributed by atoms with van der Waals surface area (Å²) in [6.45, 7) is 2.49. The number of likely N-dealkylation sites (tertiary alicyclic amines) is 2. The Hall–Kier alpha value is -2.47. The second kappa shape index (κ2) is 6.44. The van der Waals surface area contributed by atoms with Crippen molar-refractivity contribution in [1.29, 1.82) is 0 Å². The maximum absolute atomic E-state index is 12.8. The van der Waals surface area contributed by atoms with Crippen molar-refractivity contribution in [2.24, 2.45) is 5.92 Å². The SMILES string of the molecule is CN1C[C@H](c2ccccc2)[C@H]2CN(C(=O)c3ccc(=O)[nH]n3)CC[C@H]21. The van der Waals surface area contributed by atoms with E-state index in [1.54, 1.807) is 0 Å². The first-order chi connectivity index (χ1) is 12.1. The van der Waals surface area contributed by atoms with Crippen molar-refractivity contribution in [2.45, 2.75) is 18.4 Å². The van der Waals surface area contributed by atoms with Crippen molar-refractivity contribution in [3.63, 3.8) is 0 Å². The van der Waals surface area contributed by atoms with Gasteiger partial charge in [-0.15, -0.1) is 0 Å². The van der Waals surface area contributed by atoms with Gasteiger partial charge in [0, 0.05) is 43.6 Å². The molecule has 130 valence electrons. The van der Waals surface area contributed by atoms with E-state index in [-0.39, 0.29) is 11.5 Å². The quantitative estimate of drug-likeness (QED) is 0.897. The van der Waals surface area contributed by atoms with Gasteiger partial charge in [0.1, 0.15) is 5.69 Å². The van der Waals surface area contributed by atoms with E-state index in [9.17, 15) is 9.59 Å². The number of rotatable bonds is 2. The fraction of sp³-hybridized carbons (Fsp3) is 0.421. The Morgan fingerprint density at radius 3 is 2.68 bits per heavy atom. The Morgan fingerprint density at radius 2 is 1.96 bits per heavy atom. The molecule has 1 aromatic heterocycles. The Kier molecular flexibility index (Phi) is 4.13. The van der Waals surface area contributed by atoms with Crippen LogP contribution in [-0.4, -0.2) is 58.6 Å². The molecule has 0 aliphatic carbocycles. The number of benzene rings is 1. The molecule has 1 N–H and O–H groups in total. The van der Waals surface area contributed by atoms with Gasteiger partial charge in [-0.25, -0.2) is 5.10 Å². The van der Waals surface area contributed by atoms with E-state index in [1.165, 1.54) is 17.7 Å². The van der Waals surface area contributed by atoms with Crippen LogP contribution in [-0.2, 0) is 0 Å². The van der Waals surface area contributed by atoms with E-state index in [1.807, 2.05) is 11.0 Å². The van der Waals surface area contributed by atoms with Crippen LogP contribution in [0.1, 0.15) is 28.4 Å². The average Bonchev–Trinajstić information content (AvgIpc) is 2.99. The molecule has 6 heteroatoms. The minimum atomic E-state index is -0.295. The highest BCUT2D eigenvalue weighted by atomic mass is 16.2. The van der Waals surface area contributed by atoms with Crippen LogP contribution in [0.2, 0.25) is 0 Å². The van der Waals surface area contributed by atoms with Crippen molar-refractivity contribution in [1.82, 2.24) is 20.0 Å². The second-order valence-electron chi connectivity index (χ2n) is 7.03. The van der Waals surface area contributed by atoms with Crippen LogP contribution in [0, 0.1) is 5.92 Å². The molecule has 2 aromatic rings. The standard InChI is InChI=1S/C19H22N4O2/c1-22-11-14(13-5-3-2-4-6-13)15-12-23(10-9-17(15)22)19(25)16-7-8-18(24)21-20-16/h2-8,14-15,17H,9-12H2,1H3,(H,21,24)/t14-,15-,17-/m1/s1. The summed E-state index contributed by atoms with van der Waals surface area (Å²) in [6, 6.07) is 13.9. The van der Waals surface area contributed by atoms with Gasteiger partial charge in [-0.2, -0.15) is 5.10 Å². The summed E-state index contributed by atoms with van der Waals surface area (Å²) in [5.74, 6) is 0.763. The molecule has 2 aliphatic rings. The lowest BCUT2D eigenvalue weighted by Crippen LogP contribution is -2.48. The molecule has 0 unspecified atom stereocenters. The average molecular weight is 338 g/mol. The highest BCUT2D eigenvalue weighted by molar-refractivity contribution is 5.92. The van der Waals surface area contributed by atoms with Crippen molar-refractivity contribution in [2.75, 3.05) is 26.7 Å². The normalized spacial score (nSPS) is 26.4. The maximum atomic E-state index is 12.8. The number of likely N-dealkylation sites (N-methyl/N-ethyl adjacent to an activating group) is 1. The third-order valence-corrected chi connectivity index (χ3v) is 5.60. The minimum absolute atomic E-state index is 0.101. The van der Waals surface area contributed by atoms with Crippen LogP contribution in [0.3, 0.4) is 0 Å². The lowest BCUT2D eigenvalue weighted by atomic mass is 9.82. The third kappa shape index (κ3) is 2.98. The van der Waals surface area contributed by atoms with E-state index >= 15 is 0 Å². The summed E-state index contributed by atoms with van der Waals surface area (Å²) >= 11 is 0. The molecule has 25 heavy (non-hydrogen) atoms. The van der Waals surface area contributed by atoms with Gasteiger partial charge in [0.05, 0.1) is 0 Å². The molecule has 3 heterocycles. The van der Waals surface area contributed by atoms with Gasteiger partial charge in [0.25, 0.3) is 11.5 Å². The van der Waals surface area contributed by atoms with Crippen molar-refractivity contribution in [3.05, 3.63) is 64.1 Å². The number of carbonyl (C=O) groups is 1. The summed E-state index contributed by atoms with van der Waals surface area (Å²) < 4.78 is 0. The molecule has 2 aliphatic heterocycles. The van der Waals surface area contributed by atoms with Crippen LogP contribution >= 0.6 is 0 Å². The molecule has 0 spiro atoms. The van der Waals surface area contributed by atoms with Gasteiger partial charge in [-0.05, 0) is 25.1 Å². The molecule has 4 rings (SSSR count). The Balaban J connectivity index is 1.56. The zero-order valence-electron chi connectivity index (χ0n) is 14.3. The summed E-state index contributed by atoms with van der Waals surface area (Å²) in [4.78, 5) is 28.2. The van der Waals surface area contributed by atoms with Crippen molar-refractivity contribution >= 4 is 5.91 Å². The number of fused-ring (bicyclic) bond motifs is 1. The molecular formula is C19H22N4O2. The highest BCUT2D eigenvalue weighted by Gasteiger charge is 2.44. The van der Waals surface area contributed by atoms with E-state index in [4.69, 9.17) is 0 Å². The maximum Gasteiger partial charge on any atom is 0.274 e. The molecule has 3 atom stereocenters. The molecule has 6 nitrogen and oxygen atoms in total. The van der Waals surface area contributed by atoms with E-state index < -0.39 is 0 Å². The lowest BCUT2D eigenvalue weighted by Gasteiger charge is -2.38. The first kappa shape index (κ1) is 16.0. The number of amides is 1. The number of piperidine rings is 1. The van der Waals surface area contributed by atoms with E-state index in [2.05, 4.69) is 46.4 Å². The summed E-state index contributed by atoms with van der Waals surface area (Å²) in [7, 11) is 2.18. The van der Waals surface area contributed by atoms with E-state index in [0.717, 1.165) is 26.1 Å². The molecule has 0 bridgehead atoms. The molecular weight excluding hydrogens is 316 g/mol. The lowest BCUT2D eigenvalue weighted by molar-refractivity contribution is 0.0600. The summed E-state index contributed by atoms with van der Waals surface area (Å²) in [5, 5.41) is 6.24. The summed E-state index contributed by atoms with van der Waals surface area (Å²) in [5.41, 5.74) is 1.36. The summed E-state index contributed by atoms with van der Waals surface area (Å²) in [6.07, 6.45) is 0.972. The van der Waals surface area contributed by atoms with Gasteiger partial charge in [-0.1, -0.05) is 30.3 Å². The Labute approximate surface area is 146 Å². The number of aromatic nitrogens is 2. The molecule has 2 fully saturated rings. The molecule has 0 saturated carbocycles. The van der Waals surface area contributed by atoms with Crippen LogP contribution in [0.5, 0.6) is 0 Å². The number of carbonyl (C=O) groups excluding carboxylic acids is 1. The minimum Gasteiger partial charge on any atom is -0.337 e. The van der Waals surface area contributed by atoms with Gasteiger partial charge in [-0.3, -0.25) is 9.59 Å². The van der Waals surface area contributed by atoms with Crippen molar-refractivity contribution < 1.29 is 4.79 Å². The fourth-order valence-corrected chi connectivity index (χ4v) is 4.36. The van der Waals surface area contributed by atoms with Crippen LogP contribution < -0.4 is 5.56 Å². The first-order valence-electron chi connectivity index (χ1n) is 8.73. The van der Waals surface area contributed by atoms with Crippen molar-refractivity contribution in [3.8, 4) is 0 Å². The molecule has 1 aromatic carbocycles. The smallest absolute Gasteiger partial charge is 0.274 e.